The smallest absolute Gasteiger partial charge is 0.323 e. The highest BCUT2D eigenvalue weighted by molar-refractivity contribution is 5.32. The van der Waals surface area contributed by atoms with Crippen molar-refractivity contribution in [2.75, 3.05) is 44.3 Å². The minimum atomic E-state index is 0.192. The average molecular weight is 294 g/mol. The number of ether oxygens (including phenoxy) is 1. The fourth-order valence-corrected chi connectivity index (χ4v) is 2.45. The number of nitrogens with two attached hydrogens (primary N) is 1. The lowest BCUT2D eigenvalue weighted by Gasteiger charge is -2.28. The van der Waals surface area contributed by atoms with Gasteiger partial charge < -0.3 is 20.7 Å². The molecule has 0 aliphatic carbocycles. The lowest BCUT2D eigenvalue weighted by atomic mass is 9.94. The second-order valence-electron chi connectivity index (χ2n) is 5.61. The summed E-state index contributed by atoms with van der Waals surface area (Å²) >= 11 is 0. The third-order valence-electron chi connectivity index (χ3n) is 3.74. The summed E-state index contributed by atoms with van der Waals surface area (Å²) in [4.78, 5) is 14.7. The van der Waals surface area contributed by atoms with E-state index in [1.54, 1.807) is 0 Å². The molecule has 1 aliphatic rings. The van der Waals surface area contributed by atoms with Gasteiger partial charge in [-0.25, -0.2) is 0 Å². The molecule has 0 saturated carbocycles. The van der Waals surface area contributed by atoms with Crippen LogP contribution in [0.4, 0.5) is 11.9 Å². The normalized spacial score (nSPS) is 16.9. The summed E-state index contributed by atoms with van der Waals surface area (Å²) in [7, 11) is 2.18. The molecule has 1 saturated heterocycles. The second-order valence-corrected chi connectivity index (χ2v) is 5.61. The Morgan fingerprint density at radius 3 is 2.76 bits per heavy atom. The Bertz CT molecular complexity index is 433. The summed E-state index contributed by atoms with van der Waals surface area (Å²) in [5.41, 5.74) is 5.67. The quantitative estimate of drug-likeness (QED) is 0.785. The summed E-state index contributed by atoms with van der Waals surface area (Å²) in [5, 5.41) is 3.22. The van der Waals surface area contributed by atoms with Crippen molar-refractivity contribution in [1.82, 2.24) is 19.9 Å². The van der Waals surface area contributed by atoms with E-state index in [2.05, 4.69) is 32.2 Å². The molecule has 1 aromatic rings. The van der Waals surface area contributed by atoms with Crippen LogP contribution in [0.2, 0.25) is 0 Å². The van der Waals surface area contributed by atoms with Gasteiger partial charge in [-0.05, 0) is 51.7 Å². The van der Waals surface area contributed by atoms with Crippen molar-refractivity contribution in [2.45, 2.75) is 32.6 Å². The number of anilines is 2. The average Bonchev–Trinajstić information content (AvgIpc) is 2.47. The first-order valence-corrected chi connectivity index (χ1v) is 7.74. The van der Waals surface area contributed by atoms with Crippen molar-refractivity contribution >= 4 is 11.9 Å². The van der Waals surface area contributed by atoms with Gasteiger partial charge in [0.15, 0.2) is 0 Å². The first kappa shape index (κ1) is 15.8. The van der Waals surface area contributed by atoms with Crippen molar-refractivity contribution in [3.8, 4) is 6.01 Å². The number of hydrogen-bond acceptors (Lipinski definition) is 7. The molecule has 0 atom stereocenters. The van der Waals surface area contributed by atoms with E-state index in [9.17, 15) is 0 Å². The van der Waals surface area contributed by atoms with Gasteiger partial charge in [-0.2, -0.15) is 15.0 Å². The van der Waals surface area contributed by atoms with Crippen LogP contribution in [-0.4, -0.2) is 53.1 Å². The lowest BCUT2D eigenvalue weighted by molar-refractivity contribution is 0.215. The summed E-state index contributed by atoms with van der Waals surface area (Å²) in [6.07, 6.45) is 4.57. The molecule has 0 unspecified atom stereocenters. The first-order valence-electron chi connectivity index (χ1n) is 7.74. The second kappa shape index (κ2) is 7.97. The molecule has 0 amide bonds. The summed E-state index contributed by atoms with van der Waals surface area (Å²) in [6.45, 7) is 5.85. The van der Waals surface area contributed by atoms with Crippen LogP contribution >= 0.6 is 0 Å². The Hall–Kier alpha value is -1.63. The highest BCUT2D eigenvalue weighted by Crippen LogP contribution is 2.19. The molecule has 7 nitrogen and oxygen atoms in total. The molecule has 1 aromatic heterocycles. The predicted molar refractivity (Wildman–Crippen MR) is 83.4 cm³/mol. The predicted octanol–water partition coefficient (Wildman–Crippen LogP) is 1.39. The molecule has 0 spiro atoms. The zero-order valence-electron chi connectivity index (χ0n) is 13.0. The maximum Gasteiger partial charge on any atom is 0.323 e. The van der Waals surface area contributed by atoms with Gasteiger partial charge in [0.1, 0.15) is 0 Å². The number of likely N-dealkylation sites (tertiary alicyclic amines) is 1. The highest BCUT2D eigenvalue weighted by Gasteiger charge is 2.16. The van der Waals surface area contributed by atoms with E-state index >= 15 is 0 Å². The summed E-state index contributed by atoms with van der Waals surface area (Å²) in [5.74, 6) is 1.48. The molecule has 3 N–H and O–H groups in total. The van der Waals surface area contributed by atoms with Gasteiger partial charge in [0.25, 0.3) is 0 Å². The van der Waals surface area contributed by atoms with Gasteiger partial charge in [-0.3, -0.25) is 0 Å². The number of aromatic nitrogens is 3. The molecule has 21 heavy (non-hydrogen) atoms. The van der Waals surface area contributed by atoms with Crippen molar-refractivity contribution in [3.05, 3.63) is 0 Å². The van der Waals surface area contributed by atoms with Gasteiger partial charge in [0, 0.05) is 6.54 Å². The van der Waals surface area contributed by atoms with E-state index in [0.717, 1.165) is 25.3 Å². The molecule has 1 fully saturated rings. The number of nitrogens with zero attached hydrogens (tertiary/aromatic N) is 4. The summed E-state index contributed by atoms with van der Waals surface area (Å²) < 4.78 is 5.40. The molecular formula is C14H26N6O. The van der Waals surface area contributed by atoms with Crippen LogP contribution in [0.15, 0.2) is 0 Å². The highest BCUT2D eigenvalue weighted by atomic mass is 16.5. The number of piperidine rings is 1. The van der Waals surface area contributed by atoms with Gasteiger partial charge in [0.2, 0.25) is 11.9 Å². The molecular weight excluding hydrogens is 268 g/mol. The number of hydrogen-bond donors (Lipinski definition) is 2. The maximum atomic E-state index is 5.67. The zero-order valence-corrected chi connectivity index (χ0v) is 13.0. The SMILES string of the molecule is CCCOc1nc(N)nc(NCCC2CCN(C)CC2)n1. The van der Waals surface area contributed by atoms with Gasteiger partial charge in [-0.15, -0.1) is 0 Å². The number of nitrogen functional groups attached to an aromatic ring is 1. The molecule has 1 aliphatic heterocycles. The Balaban J connectivity index is 1.78. The van der Waals surface area contributed by atoms with Crippen LogP contribution < -0.4 is 15.8 Å². The van der Waals surface area contributed by atoms with E-state index < -0.39 is 0 Å². The van der Waals surface area contributed by atoms with E-state index in [4.69, 9.17) is 10.5 Å². The standard InChI is InChI=1S/C14H26N6O/c1-3-10-21-14-18-12(15)17-13(19-14)16-7-4-11-5-8-20(2)9-6-11/h11H,3-10H2,1-2H3,(H3,15,16,17,18,19). The van der Waals surface area contributed by atoms with E-state index in [0.29, 0.717) is 18.6 Å². The van der Waals surface area contributed by atoms with E-state index in [1.165, 1.54) is 25.9 Å². The third kappa shape index (κ3) is 5.34. The Labute approximate surface area is 126 Å². The van der Waals surface area contributed by atoms with Crippen molar-refractivity contribution < 1.29 is 4.74 Å². The van der Waals surface area contributed by atoms with E-state index in [-0.39, 0.29) is 5.95 Å². The van der Waals surface area contributed by atoms with Crippen molar-refractivity contribution in [3.63, 3.8) is 0 Å². The van der Waals surface area contributed by atoms with Gasteiger partial charge >= 0.3 is 6.01 Å². The van der Waals surface area contributed by atoms with Crippen LogP contribution in [0.3, 0.4) is 0 Å². The van der Waals surface area contributed by atoms with Gasteiger partial charge in [0.05, 0.1) is 6.61 Å². The summed E-state index contributed by atoms with van der Waals surface area (Å²) in [6, 6.07) is 0.297. The van der Waals surface area contributed by atoms with Crippen molar-refractivity contribution in [1.29, 1.82) is 0 Å². The Morgan fingerprint density at radius 2 is 2.05 bits per heavy atom. The minimum Gasteiger partial charge on any atom is -0.463 e. The monoisotopic (exact) mass is 294 g/mol. The molecule has 7 heteroatoms. The zero-order chi connectivity index (χ0) is 15.1. The van der Waals surface area contributed by atoms with Crippen LogP contribution in [-0.2, 0) is 0 Å². The van der Waals surface area contributed by atoms with Crippen LogP contribution in [0, 0.1) is 5.92 Å². The first-order chi connectivity index (χ1) is 10.2. The minimum absolute atomic E-state index is 0.192. The molecule has 0 radical (unpaired) electrons. The van der Waals surface area contributed by atoms with Gasteiger partial charge in [-0.1, -0.05) is 6.92 Å². The molecule has 2 rings (SSSR count). The number of rotatable bonds is 7. The maximum absolute atomic E-state index is 5.67. The lowest BCUT2D eigenvalue weighted by Crippen LogP contribution is -2.31. The fourth-order valence-electron chi connectivity index (χ4n) is 2.45. The van der Waals surface area contributed by atoms with Crippen LogP contribution in [0.25, 0.3) is 0 Å². The van der Waals surface area contributed by atoms with E-state index in [1.807, 2.05) is 6.92 Å². The number of nitrogens with one attached hydrogen (secondary N) is 1. The Kier molecular flexibility index (Phi) is 5.98. The fraction of sp³-hybridized carbons (Fsp3) is 0.786. The largest absolute Gasteiger partial charge is 0.463 e. The Morgan fingerprint density at radius 1 is 1.29 bits per heavy atom. The molecule has 0 bridgehead atoms. The third-order valence-corrected chi connectivity index (χ3v) is 3.74. The van der Waals surface area contributed by atoms with Crippen molar-refractivity contribution in [2.24, 2.45) is 5.92 Å². The molecule has 118 valence electrons. The van der Waals surface area contributed by atoms with Crippen LogP contribution in [0.5, 0.6) is 6.01 Å². The molecule has 0 aromatic carbocycles. The molecule has 2 heterocycles. The van der Waals surface area contributed by atoms with Crippen LogP contribution in [0.1, 0.15) is 32.6 Å². The topological polar surface area (TPSA) is 89.2 Å².